The average molecular weight is 251 g/mol. The summed E-state index contributed by atoms with van der Waals surface area (Å²) in [5, 5.41) is 8.66. The number of hydrogen-bond donors (Lipinski definition) is 1. The summed E-state index contributed by atoms with van der Waals surface area (Å²) in [7, 11) is 1.71. The zero-order valence-electron chi connectivity index (χ0n) is 10.5. The van der Waals surface area contributed by atoms with Gasteiger partial charge in [-0.1, -0.05) is 12.1 Å². The Labute approximate surface area is 106 Å². The van der Waals surface area contributed by atoms with Crippen LogP contribution in [0.2, 0.25) is 0 Å². The number of carboxylic acids is 1. The number of rotatable bonds is 6. The smallest absolute Gasteiger partial charge is 0.338 e. The van der Waals surface area contributed by atoms with E-state index in [0.29, 0.717) is 18.7 Å². The molecule has 0 spiro atoms. The number of esters is 1. The fourth-order valence-electron chi connectivity index (χ4n) is 1.61. The molecule has 0 aliphatic rings. The van der Waals surface area contributed by atoms with Gasteiger partial charge < -0.3 is 9.84 Å². The molecule has 0 saturated heterocycles. The van der Waals surface area contributed by atoms with Crippen molar-refractivity contribution >= 4 is 11.9 Å². The molecule has 18 heavy (non-hydrogen) atoms. The number of carbonyl (C=O) groups excluding carboxylic acids is 1. The third kappa shape index (κ3) is 4.55. The van der Waals surface area contributed by atoms with Crippen molar-refractivity contribution in [2.45, 2.75) is 13.5 Å². The molecular formula is C13H17NO4. The summed E-state index contributed by atoms with van der Waals surface area (Å²) in [5.74, 6) is -1.24. The van der Waals surface area contributed by atoms with E-state index in [-0.39, 0.29) is 12.5 Å². The van der Waals surface area contributed by atoms with Gasteiger partial charge in [0.2, 0.25) is 0 Å². The normalized spacial score (nSPS) is 10.4. The molecule has 98 valence electrons. The number of carbonyl (C=O) groups is 2. The van der Waals surface area contributed by atoms with Crippen LogP contribution in [0.3, 0.4) is 0 Å². The number of nitrogens with zero attached hydrogens (tertiary/aromatic N) is 1. The third-order valence-corrected chi connectivity index (χ3v) is 2.30. The van der Waals surface area contributed by atoms with Crippen molar-refractivity contribution in [1.82, 2.24) is 4.90 Å². The van der Waals surface area contributed by atoms with Crippen LogP contribution in [0, 0.1) is 0 Å². The van der Waals surface area contributed by atoms with Crippen molar-refractivity contribution in [2.75, 3.05) is 20.2 Å². The maximum absolute atomic E-state index is 11.5. The van der Waals surface area contributed by atoms with Gasteiger partial charge in [0, 0.05) is 6.54 Å². The Morgan fingerprint density at radius 3 is 2.72 bits per heavy atom. The highest BCUT2D eigenvalue weighted by molar-refractivity contribution is 5.89. The lowest BCUT2D eigenvalue weighted by Gasteiger charge is -2.14. The van der Waals surface area contributed by atoms with E-state index >= 15 is 0 Å². The maximum atomic E-state index is 11.5. The first kappa shape index (κ1) is 14.2. The summed E-state index contributed by atoms with van der Waals surface area (Å²) in [5.41, 5.74) is 1.36. The van der Waals surface area contributed by atoms with Gasteiger partial charge in [-0.05, 0) is 31.7 Å². The van der Waals surface area contributed by atoms with E-state index < -0.39 is 5.97 Å². The molecule has 5 heteroatoms. The van der Waals surface area contributed by atoms with Gasteiger partial charge in [0.15, 0.2) is 0 Å². The number of hydrogen-bond acceptors (Lipinski definition) is 4. The Morgan fingerprint density at radius 2 is 2.11 bits per heavy atom. The summed E-state index contributed by atoms with van der Waals surface area (Å²) in [4.78, 5) is 23.7. The number of carboxylic acid groups (broad SMARTS) is 1. The van der Waals surface area contributed by atoms with E-state index in [1.807, 2.05) is 6.07 Å². The summed E-state index contributed by atoms with van der Waals surface area (Å²) < 4.78 is 4.91. The second-order valence-electron chi connectivity index (χ2n) is 3.99. The molecule has 0 atom stereocenters. The number of ether oxygens (including phenoxy) is 1. The van der Waals surface area contributed by atoms with Crippen LogP contribution >= 0.6 is 0 Å². The fourth-order valence-corrected chi connectivity index (χ4v) is 1.61. The predicted octanol–water partition coefficient (Wildman–Crippen LogP) is 1.38. The van der Waals surface area contributed by atoms with Crippen molar-refractivity contribution in [3.05, 3.63) is 35.4 Å². The first-order valence-corrected chi connectivity index (χ1v) is 5.69. The van der Waals surface area contributed by atoms with E-state index in [0.717, 1.165) is 5.56 Å². The Morgan fingerprint density at radius 1 is 1.39 bits per heavy atom. The van der Waals surface area contributed by atoms with Gasteiger partial charge in [-0.3, -0.25) is 9.69 Å². The standard InChI is InChI=1S/C13H17NO4/c1-3-18-13(17)11-6-4-5-10(7-11)8-14(2)9-12(15)16/h4-7H,3,8-9H2,1-2H3,(H,15,16). The minimum absolute atomic E-state index is 0.0381. The van der Waals surface area contributed by atoms with Gasteiger partial charge in [-0.2, -0.15) is 0 Å². The van der Waals surface area contributed by atoms with Crippen molar-refractivity contribution in [3.63, 3.8) is 0 Å². The van der Waals surface area contributed by atoms with Gasteiger partial charge in [-0.25, -0.2) is 4.79 Å². The van der Waals surface area contributed by atoms with Crippen molar-refractivity contribution < 1.29 is 19.4 Å². The van der Waals surface area contributed by atoms with Crippen molar-refractivity contribution in [1.29, 1.82) is 0 Å². The van der Waals surface area contributed by atoms with E-state index in [2.05, 4.69) is 0 Å². The van der Waals surface area contributed by atoms with Gasteiger partial charge >= 0.3 is 11.9 Å². The summed E-state index contributed by atoms with van der Waals surface area (Å²) in [6, 6.07) is 7.01. The van der Waals surface area contributed by atoms with Crippen LogP contribution in [0.1, 0.15) is 22.8 Å². The Kier molecular flexibility index (Phi) is 5.32. The highest BCUT2D eigenvalue weighted by Gasteiger charge is 2.09. The van der Waals surface area contributed by atoms with Crippen LogP contribution < -0.4 is 0 Å². The summed E-state index contributed by atoms with van der Waals surface area (Å²) in [6.45, 7) is 2.52. The zero-order valence-corrected chi connectivity index (χ0v) is 10.5. The molecule has 1 aromatic rings. The third-order valence-electron chi connectivity index (χ3n) is 2.30. The highest BCUT2D eigenvalue weighted by Crippen LogP contribution is 2.09. The molecule has 0 heterocycles. The van der Waals surface area contributed by atoms with Gasteiger partial charge in [0.25, 0.3) is 0 Å². The Hall–Kier alpha value is -1.88. The van der Waals surface area contributed by atoms with Crippen molar-refractivity contribution in [3.8, 4) is 0 Å². The van der Waals surface area contributed by atoms with Crippen LogP contribution in [-0.2, 0) is 16.1 Å². The summed E-state index contributed by atoms with van der Waals surface area (Å²) >= 11 is 0. The van der Waals surface area contributed by atoms with Crippen LogP contribution in [-0.4, -0.2) is 42.1 Å². The molecule has 0 aromatic heterocycles. The largest absolute Gasteiger partial charge is 0.480 e. The molecule has 0 unspecified atom stereocenters. The lowest BCUT2D eigenvalue weighted by Crippen LogP contribution is -2.25. The quantitative estimate of drug-likeness (QED) is 0.774. The van der Waals surface area contributed by atoms with Crippen LogP contribution in [0.15, 0.2) is 24.3 Å². The molecular weight excluding hydrogens is 234 g/mol. The zero-order chi connectivity index (χ0) is 13.5. The van der Waals surface area contributed by atoms with E-state index in [9.17, 15) is 9.59 Å². The molecule has 0 fully saturated rings. The minimum atomic E-state index is -0.876. The lowest BCUT2D eigenvalue weighted by atomic mass is 10.1. The van der Waals surface area contributed by atoms with Crippen molar-refractivity contribution in [2.24, 2.45) is 0 Å². The molecule has 5 nitrogen and oxygen atoms in total. The molecule has 0 aliphatic carbocycles. The fraction of sp³-hybridized carbons (Fsp3) is 0.385. The average Bonchev–Trinajstić information content (AvgIpc) is 2.28. The van der Waals surface area contributed by atoms with Gasteiger partial charge in [0.05, 0.1) is 18.7 Å². The number of aliphatic carboxylic acids is 1. The molecule has 0 bridgehead atoms. The topological polar surface area (TPSA) is 66.8 Å². The summed E-state index contributed by atoms with van der Waals surface area (Å²) in [6.07, 6.45) is 0. The van der Waals surface area contributed by atoms with E-state index in [1.165, 1.54) is 0 Å². The SMILES string of the molecule is CCOC(=O)c1cccc(CN(C)CC(=O)O)c1. The number of benzene rings is 1. The minimum Gasteiger partial charge on any atom is -0.480 e. The monoisotopic (exact) mass is 251 g/mol. The van der Waals surface area contributed by atoms with Crippen LogP contribution in [0.25, 0.3) is 0 Å². The molecule has 0 aliphatic heterocycles. The first-order chi connectivity index (χ1) is 8.52. The predicted molar refractivity (Wildman–Crippen MR) is 66.4 cm³/mol. The van der Waals surface area contributed by atoms with Gasteiger partial charge in [-0.15, -0.1) is 0 Å². The second kappa shape index (κ2) is 6.76. The van der Waals surface area contributed by atoms with E-state index in [1.54, 1.807) is 37.1 Å². The highest BCUT2D eigenvalue weighted by atomic mass is 16.5. The maximum Gasteiger partial charge on any atom is 0.338 e. The van der Waals surface area contributed by atoms with Crippen LogP contribution in [0.5, 0.6) is 0 Å². The van der Waals surface area contributed by atoms with Gasteiger partial charge in [0.1, 0.15) is 0 Å². The molecule has 0 radical (unpaired) electrons. The van der Waals surface area contributed by atoms with Crippen LogP contribution in [0.4, 0.5) is 0 Å². The molecule has 1 N–H and O–H groups in total. The Bertz CT molecular complexity index is 431. The molecule has 1 aromatic carbocycles. The lowest BCUT2D eigenvalue weighted by molar-refractivity contribution is -0.138. The number of likely N-dealkylation sites (N-methyl/N-ethyl adjacent to an activating group) is 1. The Balaban J connectivity index is 2.70. The molecule has 0 saturated carbocycles. The van der Waals surface area contributed by atoms with E-state index in [4.69, 9.17) is 9.84 Å². The molecule has 0 amide bonds. The first-order valence-electron chi connectivity index (χ1n) is 5.69. The second-order valence-corrected chi connectivity index (χ2v) is 3.99. The molecule has 1 rings (SSSR count).